The number of ether oxygens (including phenoxy) is 1. The number of nitrogens with zero attached hydrogens (tertiary/aromatic N) is 3. The Balaban J connectivity index is 2.26. The van der Waals surface area contributed by atoms with E-state index in [4.69, 9.17) is 4.74 Å². The highest BCUT2D eigenvalue weighted by Crippen LogP contribution is 2.02. The van der Waals surface area contributed by atoms with Gasteiger partial charge in [0.2, 0.25) is 5.95 Å². The van der Waals surface area contributed by atoms with Crippen molar-refractivity contribution in [2.24, 2.45) is 0 Å². The highest BCUT2D eigenvalue weighted by Gasteiger charge is 2.07. The molecule has 7 nitrogen and oxygen atoms in total. The molecule has 2 aromatic heterocycles. The van der Waals surface area contributed by atoms with Gasteiger partial charge < -0.3 is 10.1 Å². The van der Waals surface area contributed by atoms with Gasteiger partial charge in [-0.1, -0.05) is 13.3 Å². The van der Waals surface area contributed by atoms with Gasteiger partial charge in [-0.2, -0.15) is 9.50 Å². The molecule has 0 unspecified atom stereocenters. The van der Waals surface area contributed by atoms with Gasteiger partial charge in [0, 0.05) is 19.7 Å². The number of fused-ring (bicyclic) bond motifs is 1. The van der Waals surface area contributed by atoms with E-state index in [-0.39, 0.29) is 5.56 Å². The van der Waals surface area contributed by atoms with Gasteiger partial charge in [-0.3, -0.25) is 9.89 Å². The van der Waals surface area contributed by atoms with Crippen molar-refractivity contribution < 1.29 is 4.74 Å². The third-order valence-electron chi connectivity index (χ3n) is 2.49. The maximum Gasteiger partial charge on any atom is 0.274 e. The normalized spacial score (nSPS) is 11.0. The van der Waals surface area contributed by atoms with Gasteiger partial charge in [0.25, 0.3) is 11.3 Å². The maximum absolute atomic E-state index is 11.8. The van der Waals surface area contributed by atoms with Crippen molar-refractivity contribution in [1.82, 2.24) is 19.6 Å². The Hall–Kier alpha value is -1.89. The van der Waals surface area contributed by atoms with Gasteiger partial charge in [-0.15, -0.1) is 0 Å². The van der Waals surface area contributed by atoms with Crippen molar-refractivity contribution in [3.05, 3.63) is 22.1 Å². The first kappa shape index (κ1) is 12.6. The van der Waals surface area contributed by atoms with Crippen LogP contribution < -0.4 is 10.9 Å². The average molecular weight is 251 g/mol. The van der Waals surface area contributed by atoms with E-state index in [0.717, 1.165) is 18.5 Å². The molecule has 0 aromatic carbocycles. The fourth-order valence-electron chi connectivity index (χ4n) is 1.66. The first-order chi connectivity index (χ1) is 8.74. The summed E-state index contributed by atoms with van der Waals surface area (Å²) in [6.45, 7) is 3.24. The zero-order valence-electron chi connectivity index (χ0n) is 10.6. The molecule has 0 spiro atoms. The molecule has 18 heavy (non-hydrogen) atoms. The van der Waals surface area contributed by atoms with E-state index in [1.165, 1.54) is 10.6 Å². The second-order valence-electron chi connectivity index (χ2n) is 3.96. The van der Waals surface area contributed by atoms with E-state index in [1.54, 1.807) is 7.11 Å². The third-order valence-corrected chi connectivity index (χ3v) is 2.49. The van der Waals surface area contributed by atoms with E-state index < -0.39 is 0 Å². The van der Waals surface area contributed by atoms with Crippen molar-refractivity contribution in [2.75, 3.05) is 25.6 Å². The van der Waals surface area contributed by atoms with Crippen LogP contribution in [0.15, 0.2) is 10.9 Å². The predicted octanol–water partition coefficient (Wildman–Crippen LogP) is 0.428. The zero-order chi connectivity index (χ0) is 13.0. The highest BCUT2D eigenvalue weighted by molar-refractivity contribution is 5.37. The number of rotatable bonds is 6. The summed E-state index contributed by atoms with van der Waals surface area (Å²) in [5, 5.41) is 5.88. The molecular weight excluding hydrogens is 234 g/mol. The minimum Gasteiger partial charge on any atom is -0.383 e. The van der Waals surface area contributed by atoms with E-state index in [9.17, 15) is 4.79 Å². The summed E-state index contributed by atoms with van der Waals surface area (Å²) < 4.78 is 6.25. The third kappa shape index (κ3) is 2.67. The number of aryl methyl sites for hydroxylation is 1. The quantitative estimate of drug-likeness (QED) is 0.727. The fourth-order valence-corrected chi connectivity index (χ4v) is 1.66. The lowest BCUT2D eigenvalue weighted by atomic mass is 10.2. The molecule has 2 aromatic rings. The number of nitrogens with one attached hydrogen (secondary N) is 2. The number of aromatic amines is 1. The molecule has 0 saturated heterocycles. The minimum absolute atomic E-state index is 0.143. The number of anilines is 1. The molecule has 2 rings (SSSR count). The van der Waals surface area contributed by atoms with Crippen LogP contribution in [-0.4, -0.2) is 39.8 Å². The van der Waals surface area contributed by atoms with Crippen molar-refractivity contribution in [2.45, 2.75) is 19.8 Å². The maximum atomic E-state index is 11.8. The number of hydrogen-bond donors (Lipinski definition) is 2. The Bertz CT molecular complexity index is 574. The second-order valence-corrected chi connectivity index (χ2v) is 3.96. The van der Waals surface area contributed by atoms with Crippen LogP contribution in [0.3, 0.4) is 0 Å². The molecule has 7 heteroatoms. The largest absolute Gasteiger partial charge is 0.383 e. The molecular formula is C11H17N5O2. The second kappa shape index (κ2) is 5.63. The summed E-state index contributed by atoms with van der Waals surface area (Å²) in [5.41, 5.74) is 0.633. The first-order valence-electron chi connectivity index (χ1n) is 5.96. The van der Waals surface area contributed by atoms with E-state index in [1.807, 2.05) is 6.92 Å². The molecule has 0 aliphatic rings. The summed E-state index contributed by atoms with van der Waals surface area (Å²) in [4.78, 5) is 20.4. The lowest BCUT2D eigenvalue weighted by Gasteiger charge is -1.99. The Morgan fingerprint density at radius 2 is 2.33 bits per heavy atom. The molecule has 0 aliphatic carbocycles. The molecule has 0 atom stereocenters. The smallest absolute Gasteiger partial charge is 0.274 e. The fraction of sp³-hybridized carbons (Fsp3) is 0.545. The molecule has 98 valence electrons. The molecule has 0 fully saturated rings. The van der Waals surface area contributed by atoms with Gasteiger partial charge in [0.1, 0.15) is 0 Å². The SMILES string of the molecule is CCCc1cc(=O)n2[nH]c(NCCOC)nc2n1. The van der Waals surface area contributed by atoms with Gasteiger partial charge >= 0.3 is 0 Å². The van der Waals surface area contributed by atoms with Gasteiger partial charge in [-0.25, -0.2) is 4.98 Å². The summed E-state index contributed by atoms with van der Waals surface area (Å²) in [6.07, 6.45) is 1.73. The van der Waals surface area contributed by atoms with Crippen LogP contribution in [-0.2, 0) is 11.2 Å². The Labute approximate surface area is 104 Å². The van der Waals surface area contributed by atoms with Gasteiger partial charge in [-0.05, 0) is 6.42 Å². The average Bonchev–Trinajstić information content (AvgIpc) is 2.73. The summed E-state index contributed by atoms with van der Waals surface area (Å²) in [7, 11) is 1.63. The standard InChI is InChI=1S/C11H17N5O2/c1-3-4-8-7-9(17)16-11(13-8)14-10(15-16)12-5-6-18-2/h7H,3-6H2,1-2H3,(H2,12,13,14,15). The minimum atomic E-state index is -0.143. The number of methoxy groups -OCH3 is 1. The molecule has 0 aliphatic heterocycles. The van der Waals surface area contributed by atoms with Crippen LogP contribution in [0.1, 0.15) is 19.0 Å². The molecule has 2 N–H and O–H groups in total. The topological polar surface area (TPSA) is 84.3 Å². The first-order valence-corrected chi connectivity index (χ1v) is 5.96. The molecule has 2 heterocycles. The molecule has 0 bridgehead atoms. The Morgan fingerprint density at radius 1 is 1.50 bits per heavy atom. The summed E-state index contributed by atoms with van der Waals surface area (Å²) >= 11 is 0. The number of aromatic nitrogens is 4. The van der Waals surface area contributed by atoms with Gasteiger partial charge in [0.05, 0.1) is 12.3 Å². The van der Waals surface area contributed by atoms with Crippen LogP contribution in [0.2, 0.25) is 0 Å². The van der Waals surface area contributed by atoms with Crippen LogP contribution in [0.5, 0.6) is 0 Å². The lowest BCUT2D eigenvalue weighted by molar-refractivity contribution is 0.210. The lowest BCUT2D eigenvalue weighted by Crippen LogP contribution is -2.16. The highest BCUT2D eigenvalue weighted by atomic mass is 16.5. The molecule has 0 amide bonds. The van der Waals surface area contributed by atoms with Gasteiger partial charge in [0.15, 0.2) is 0 Å². The zero-order valence-corrected chi connectivity index (χ0v) is 10.6. The van der Waals surface area contributed by atoms with Crippen LogP contribution in [0.25, 0.3) is 5.78 Å². The monoisotopic (exact) mass is 251 g/mol. The van der Waals surface area contributed by atoms with Crippen molar-refractivity contribution in [1.29, 1.82) is 0 Å². The molecule has 0 radical (unpaired) electrons. The van der Waals surface area contributed by atoms with Crippen LogP contribution in [0, 0.1) is 0 Å². The van der Waals surface area contributed by atoms with E-state index in [2.05, 4.69) is 20.4 Å². The van der Waals surface area contributed by atoms with Crippen molar-refractivity contribution >= 4 is 11.7 Å². The van der Waals surface area contributed by atoms with E-state index >= 15 is 0 Å². The Morgan fingerprint density at radius 3 is 3.06 bits per heavy atom. The predicted molar refractivity (Wildman–Crippen MR) is 68.0 cm³/mol. The summed E-state index contributed by atoms with van der Waals surface area (Å²) in [5.74, 6) is 0.913. The van der Waals surface area contributed by atoms with Crippen LogP contribution >= 0.6 is 0 Å². The summed E-state index contributed by atoms with van der Waals surface area (Å²) in [6, 6.07) is 1.54. The Kier molecular flexibility index (Phi) is 3.93. The van der Waals surface area contributed by atoms with Crippen molar-refractivity contribution in [3.8, 4) is 0 Å². The molecule has 0 saturated carbocycles. The van der Waals surface area contributed by atoms with E-state index in [0.29, 0.717) is 24.9 Å². The van der Waals surface area contributed by atoms with Crippen molar-refractivity contribution in [3.63, 3.8) is 0 Å². The number of hydrogen-bond acceptors (Lipinski definition) is 5. The van der Waals surface area contributed by atoms with Crippen LogP contribution in [0.4, 0.5) is 5.95 Å². The number of H-pyrrole nitrogens is 1.